The number of aromatic amines is 1. The van der Waals surface area contributed by atoms with Crippen molar-refractivity contribution in [1.82, 2.24) is 15.2 Å². The third-order valence-corrected chi connectivity index (χ3v) is 6.78. The van der Waals surface area contributed by atoms with E-state index in [1.165, 1.54) is 30.5 Å². The van der Waals surface area contributed by atoms with E-state index in [4.69, 9.17) is 23.2 Å². The maximum atomic E-state index is 12.6. The maximum absolute atomic E-state index is 12.6. The van der Waals surface area contributed by atoms with Crippen molar-refractivity contribution in [3.05, 3.63) is 76.0 Å². The van der Waals surface area contributed by atoms with E-state index >= 15 is 0 Å². The summed E-state index contributed by atoms with van der Waals surface area (Å²) in [6.07, 6.45) is 1.44. The van der Waals surface area contributed by atoms with E-state index < -0.39 is 10.0 Å². The van der Waals surface area contributed by atoms with Gasteiger partial charge in [0, 0.05) is 28.7 Å². The first-order valence-corrected chi connectivity index (χ1v) is 11.2. The van der Waals surface area contributed by atoms with E-state index in [1.54, 1.807) is 24.3 Å². The summed E-state index contributed by atoms with van der Waals surface area (Å²) in [6, 6.07) is 12.3. The molecule has 0 spiro atoms. The fourth-order valence-electron chi connectivity index (χ4n) is 2.91. The number of hydrogen-bond donors (Lipinski definition) is 3. The number of H-pyrrole nitrogens is 1. The second-order valence-corrected chi connectivity index (χ2v) is 9.07. The molecule has 0 aliphatic heterocycles. The average molecular weight is 476 g/mol. The Bertz CT molecular complexity index is 1380. The lowest BCUT2D eigenvalue weighted by Crippen LogP contribution is -2.14. The molecule has 0 atom stereocenters. The number of benzene rings is 2. The van der Waals surface area contributed by atoms with Gasteiger partial charge in [-0.25, -0.2) is 13.4 Å². The summed E-state index contributed by atoms with van der Waals surface area (Å²) < 4.78 is 27.7. The van der Waals surface area contributed by atoms with Gasteiger partial charge in [-0.3, -0.25) is 14.6 Å². The van der Waals surface area contributed by atoms with Crippen molar-refractivity contribution in [3.8, 4) is 0 Å². The topological polar surface area (TPSA) is 117 Å². The quantitative estimate of drug-likeness (QED) is 0.389. The molecule has 1 amide bonds. The minimum Gasteiger partial charge on any atom is -0.322 e. The Morgan fingerprint density at radius 2 is 1.68 bits per heavy atom. The molecule has 3 N–H and O–H groups in total. The molecule has 2 aromatic carbocycles. The number of amides is 1. The van der Waals surface area contributed by atoms with E-state index in [-0.39, 0.29) is 26.5 Å². The second kappa shape index (κ2) is 8.18. The van der Waals surface area contributed by atoms with Gasteiger partial charge in [-0.15, -0.1) is 0 Å². The molecule has 11 heteroatoms. The Labute approximate surface area is 187 Å². The Morgan fingerprint density at radius 3 is 2.35 bits per heavy atom. The summed E-state index contributed by atoms with van der Waals surface area (Å²) in [5, 5.41) is 10.4. The standard InChI is InChI=1S/C20H15Cl2N5O3S/c1-11-15-9-12(10-23-19(15)26-25-11)20(28)24-13-5-7-14(8-6-13)27-31(29,30)18-16(21)3-2-4-17(18)22/h2-10,27H,1H3,(H,24,28)(H,23,25,26). The van der Waals surface area contributed by atoms with Crippen LogP contribution in [0.5, 0.6) is 0 Å². The maximum Gasteiger partial charge on any atom is 0.264 e. The van der Waals surface area contributed by atoms with Crippen molar-refractivity contribution in [2.45, 2.75) is 11.8 Å². The molecule has 158 valence electrons. The highest BCUT2D eigenvalue weighted by Crippen LogP contribution is 2.30. The Morgan fingerprint density at radius 1 is 1.03 bits per heavy atom. The lowest BCUT2D eigenvalue weighted by molar-refractivity contribution is 0.102. The van der Waals surface area contributed by atoms with E-state index in [1.807, 2.05) is 6.92 Å². The van der Waals surface area contributed by atoms with Crippen LogP contribution in [0.25, 0.3) is 11.0 Å². The third kappa shape index (κ3) is 4.34. The third-order valence-electron chi connectivity index (χ3n) is 4.45. The minimum absolute atomic E-state index is 0.0160. The van der Waals surface area contributed by atoms with Gasteiger partial charge in [0.05, 0.1) is 15.6 Å². The molecule has 0 saturated heterocycles. The number of nitrogens with one attached hydrogen (secondary N) is 3. The predicted molar refractivity (Wildman–Crippen MR) is 120 cm³/mol. The van der Waals surface area contributed by atoms with Gasteiger partial charge < -0.3 is 5.32 Å². The molecular formula is C20H15Cl2N5O3S. The normalized spacial score (nSPS) is 11.5. The van der Waals surface area contributed by atoms with E-state index in [2.05, 4.69) is 25.2 Å². The van der Waals surface area contributed by atoms with Gasteiger partial charge in [0.25, 0.3) is 15.9 Å². The highest BCUT2D eigenvalue weighted by molar-refractivity contribution is 7.93. The Hall–Kier alpha value is -3.14. The van der Waals surface area contributed by atoms with Crippen molar-refractivity contribution in [2.24, 2.45) is 0 Å². The highest BCUT2D eigenvalue weighted by Gasteiger charge is 2.21. The zero-order valence-electron chi connectivity index (χ0n) is 16.0. The number of sulfonamides is 1. The van der Waals surface area contributed by atoms with Gasteiger partial charge >= 0.3 is 0 Å². The lowest BCUT2D eigenvalue weighted by Gasteiger charge is -2.12. The van der Waals surface area contributed by atoms with Crippen LogP contribution in [-0.2, 0) is 10.0 Å². The van der Waals surface area contributed by atoms with Crippen molar-refractivity contribution < 1.29 is 13.2 Å². The monoisotopic (exact) mass is 475 g/mol. The van der Waals surface area contributed by atoms with Gasteiger partial charge in [0.15, 0.2) is 5.65 Å². The lowest BCUT2D eigenvalue weighted by atomic mass is 10.2. The Kier molecular flexibility index (Phi) is 5.57. The van der Waals surface area contributed by atoms with Crippen LogP contribution in [0.3, 0.4) is 0 Å². The van der Waals surface area contributed by atoms with Crippen LogP contribution < -0.4 is 10.0 Å². The highest BCUT2D eigenvalue weighted by atomic mass is 35.5. The average Bonchev–Trinajstić information content (AvgIpc) is 3.09. The molecule has 8 nitrogen and oxygen atoms in total. The van der Waals surface area contributed by atoms with E-state index in [9.17, 15) is 13.2 Å². The zero-order chi connectivity index (χ0) is 22.2. The summed E-state index contributed by atoms with van der Waals surface area (Å²) in [4.78, 5) is 16.5. The molecule has 0 aliphatic carbocycles. The van der Waals surface area contributed by atoms with Gasteiger partial charge in [-0.05, 0) is 49.4 Å². The van der Waals surface area contributed by atoms with Crippen molar-refractivity contribution in [1.29, 1.82) is 0 Å². The van der Waals surface area contributed by atoms with Gasteiger partial charge in [0.2, 0.25) is 0 Å². The number of hydrogen-bond acceptors (Lipinski definition) is 5. The summed E-state index contributed by atoms with van der Waals surface area (Å²) >= 11 is 12.0. The number of anilines is 2. The Balaban J connectivity index is 1.50. The van der Waals surface area contributed by atoms with Crippen molar-refractivity contribution in [2.75, 3.05) is 10.0 Å². The first kappa shape index (κ1) is 21.1. The number of carbonyl (C=O) groups is 1. The molecule has 0 saturated carbocycles. The van der Waals surface area contributed by atoms with Crippen LogP contribution >= 0.6 is 23.2 Å². The first-order valence-electron chi connectivity index (χ1n) is 8.93. The summed E-state index contributed by atoms with van der Waals surface area (Å²) in [7, 11) is -3.99. The minimum atomic E-state index is -3.99. The van der Waals surface area contributed by atoms with Crippen LogP contribution in [0.1, 0.15) is 16.1 Å². The summed E-state index contributed by atoms with van der Waals surface area (Å²) in [5.74, 6) is -0.355. The SMILES string of the molecule is Cc1[nH]nc2ncc(C(=O)Nc3ccc(NS(=O)(=O)c4c(Cl)cccc4Cl)cc3)cc12. The van der Waals surface area contributed by atoms with Crippen LogP contribution in [0.15, 0.2) is 59.6 Å². The molecule has 0 bridgehead atoms. The van der Waals surface area contributed by atoms with Crippen molar-refractivity contribution in [3.63, 3.8) is 0 Å². The summed E-state index contributed by atoms with van der Waals surface area (Å²) in [5.41, 5.74) is 2.48. The molecule has 4 aromatic rings. The molecule has 4 rings (SSSR count). The molecule has 31 heavy (non-hydrogen) atoms. The molecular weight excluding hydrogens is 461 g/mol. The molecule has 0 radical (unpaired) electrons. The van der Waals surface area contributed by atoms with E-state index in [0.717, 1.165) is 11.1 Å². The first-order chi connectivity index (χ1) is 14.7. The fraction of sp³-hybridized carbons (Fsp3) is 0.0500. The predicted octanol–water partition coefficient (Wildman–Crippen LogP) is 4.63. The smallest absolute Gasteiger partial charge is 0.264 e. The second-order valence-electron chi connectivity index (χ2n) is 6.63. The summed E-state index contributed by atoms with van der Waals surface area (Å²) in [6.45, 7) is 1.84. The zero-order valence-corrected chi connectivity index (χ0v) is 18.3. The number of nitrogens with zero attached hydrogens (tertiary/aromatic N) is 2. The van der Waals surface area contributed by atoms with Crippen LogP contribution in [0, 0.1) is 6.92 Å². The number of halogens is 2. The molecule has 0 fully saturated rings. The number of pyridine rings is 1. The van der Waals surface area contributed by atoms with Gasteiger partial charge in [0.1, 0.15) is 4.90 Å². The van der Waals surface area contributed by atoms with E-state index in [0.29, 0.717) is 16.9 Å². The van der Waals surface area contributed by atoms with Crippen LogP contribution in [-0.4, -0.2) is 29.5 Å². The van der Waals surface area contributed by atoms with Gasteiger partial charge in [-0.2, -0.15) is 5.10 Å². The molecule has 2 heterocycles. The molecule has 2 aromatic heterocycles. The molecule has 0 aliphatic rings. The number of aromatic nitrogens is 3. The number of fused-ring (bicyclic) bond motifs is 1. The fourth-order valence-corrected chi connectivity index (χ4v) is 5.12. The largest absolute Gasteiger partial charge is 0.322 e. The van der Waals surface area contributed by atoms with Crippen LogP contribution in [0.4, 0.5) is 11.4 Å². The van der Waals surface area contributed by atoms with Gasteiger partial charge in [-0.1, -0.05) is 29.3 Å². The molecule has 0 unspecified atom stereocenters. The van der Waals surface area contributed by atoms with Crippen LogP contribution in [0.2, 0.25) is 10.0 Å². The van der Waals surface area contributed by atoms with Crippen molar-refractivity contribution >= 4 is 61.5 Å². The number of carbonyl (C=O) groups excluding carboxylic acids is 1. The number of rotatable bonds is 5. The number of aryl methyl sites for hydroxylation is 1.